The summed E-state index contributed by atoms with van der Waals surface area (Å²) in [5.41, 5.74) is 4.29. The van der Waals surface area contributed by atoms with E-state index in [9.17, 15) is 14.0 Å². The molecule has 0 atom stereocenters. The molecule has 2 N–H and O–H groups in total. The lowest BCUT2D eigenvalue weighted by Crippen LogP contribution is -2.35. The van der Waals surface area contributed by atoms with Crippen molar-refractivity contribution < 1.29 is 18.7 Å². The second-order valence-corrected chi connectivity index (χ2v) is 10.2. The number of fused-ring (bicyclic) bond motifs is 1. The third-order valence-electron chi connectivity index (χ3n) is 6.04. The van der Waals surface area contributed by atoms with Crippen LogP contribution in [0.15, 0.2) is 79.1 Å². The Balaban J connectivity index is 1.24. The van der Waals surface area contributed by atoms with Gasteiger partial charge in [-0.2, -0.15) is 0 Å². The van der Waals surface area contributed by atoms with Gasteiger partial charge in [-0.05, 0) is 86.8 Å². The number of ether oxygens (including phenoxy) is 1. The summed E-state index contributed by atoms with van der Waals surface area (Å²) in [5, 5.41) is 6.02. The zero-order valence-electron chi connectivity index (χ0n) is 21.9. The van der Waals surface area contributed by atoms with Crippen LogP contribution in [0, 0.1) is 5.82 Å². The molecule has 9 heteroatoms. The van der Waals surface area contributed by atoms with Gasteiger partial charge in [-0.1, -0.05) is 18.2 Å². The number of hydrogen-bond acceptors (Lipinski definition) is 6. The Kier molecular flexibility index (Phi) is 6.98. The van der Waals surface area contributed by atoms with Crippen LogP contribution in [0.5, 0.6) is 0 Å². The zero-order valence-corrected chi connectivity index (χ0v) is 21.9. The third-order valence-corrected chi connectivity index (χ3v) is 6.04. The van der Waals surface area contributed by atoms with E-state index >= 15 is 0 Å². The van der Waals surface area contributed by atoms with Crippen LogP contribution in [-0.4, -0.2) is 34.1 Å². The van der Waals surface area contributed by atoms with Gasteiger partial charge >= 0.3 is 6.09 Å². The molecule has 1 aromatic heterocycles. The van der Waals surface area contributed by atoms with Crippen molar-refractivity contribution in [3.05, 3.63) is 96.1 Å². The summed E-state index contributed by atoms with van der Waals surface area (Å²) in [5.74, 6) is -0.253. The molecule has 0 spiro atoms. The van der Waals surface area contributed by atoms with E-state index in [1.807, 2.05) is 32.9 Å². The van der Waals surface area contributed by atoms with Gasteiger partial charge in [0.25, 0.3) is 5.91 Å². The first kappa shape index (κ1) is 25.8. The molecule has 0 radical (unpaired) electrons. The highest BCUT2D eigenvalue weighted by Crippen LogP contribution is 2.32. The molecule has 0 fully saturated rings. The van der Waals surface area contributed by atoms with Crippen molar-refractivity contribution in [3.63, 3.8) is 0 Å². The van der Waals surface area contributed by atoms with Crippen LogP contribution in [0.2, 0.25) is 0 Å². The van der Waals surface area contributed by atoms with Gasteiger partial charge in [0.1, 0.15) is 11.4 Å². The molecule has 0 bridgehead atoms. The lowest BCUT2D eigenvalue weighted by atomic mass is 10.1. The Labute approximate surface area is 225 Å². The Hall–Kier alpha value is -4.79. The molecule has 5 rings (SSSR count). The number of carbonyl (C=O) groups is 2. The summed E-state index contributed by atoms with van der Waals surface area (Å²) >= 11 is 0. The molecular weight excluding hydrogens is 497 g/mol. The van der Waals surface area contributed by atoms with Crippen molar-refractivity contribution in [3.8, 4) is 11.1 Å². The van der Waals surface area contributed by atoms with Crippen LogP contribution in [0.4, 0.5) is 32.2 Å². The second-order valence-electron chi connectivity index (χ2n) is 10.2. The average Bonchev–Trinajstić information content (AvgIpc) is 3.32. The molecule has 0 saturated carbocycles. The number of nitrogens with zero attached hydrogens (tertiary/aromatic N) is 3. The summed E-state index contributed by atoms with van der Waals surface area (Å²) in [6.45, 7) is 6.04. The number of halogens is 1. The van der Waals surface area contributed by atoms with Crippen molar-refractivity contribution in [1.29, 1.82) is 0 Å². The van der Waals surface area contributed by atoms with E-state index in [1.165, 1.54) is 12.1 Å². The van der Waals surface area contributed by atoms with E-state index in [4.69, 9.17) is 4.74 Å². The molecule has 4 aromatic rings. The molecule has 8 nitrogen and oxygen atoms in total. The number of anilines is 4. The van der Waals surface area contributed by atoms with Crippen LogP contribution in [-0.2, 0) is 11.2 Å². The van der Waals surface area contributed by atoms with Gasteiger partial charge in [0.15, 0.2) is 0 Å². The van der Waals surface area contributed by atoms with Crippen LogP contribution < -0.4 is 15.5 Å². The Morgan fingerprint density at radius 2 is 1.69 bits per heavy atom. The number of nitrogens with one attached hydrogen (secondary N) is 2. The second kappa shape index (κ2) is 10.5. The lowest BCUT2D eigenvalue weighted by molar-refractivity contribution is 0.0583. The van der Waals surface area contributed by atoms with E-state index in [0.717, 1.165) is 11.3 Å². The molecule has 0 aliphatic carbocycles. The molecular formula is C30H28FN5O3. The fourth-order valence-electron chi connectivity index (χ4n) is 4.27. The molecule has 1 aliphatic rings. The predicted octanol–water partition coefficient (Wildman–Crippen LogP) is 6.58. The van der Waals surface area contributed by atoms with E-state index in [-0.39, 0.29) is 17.8 Å². The standard InChI is InChI=1S/C30H28FN5O3/c1-30(2,3)39-29(38)36-13-12-20-15-25(10-11-26(20)36)34-27(37)21-7-5-9-24(16-21)35-28-32-17-22(18-33-28)19-6-4-8-23(31)14-19/h4-11,14-18H,12-13H2,1-3H3,(H,34,37)(H,32,33,35). The fourth-order valence-corrected chi connectivity index (χ4v) is 4.27. The lowest BCUT2D eigenvalue weighted by Gasteiger charge is -2.24. The maximum Gasteiger partial charge on any atom is 0.414 e. The minimum atomic E-state index is -0.574. The Morgan fingerprint density at radius 1 is 0.923 bits per heavy atom. The highest BCUT2D eigenvalue weighted by Gasteiger charge is 2.29. The molecule has 2 amide bonds. The SMILES string of the molecule is CC(C)(C)OC(=O)N1CCc2cc(NC(=O)c3cccc(Nc4ncc(-c5cccc(F)c5)cn4)c3)ccc21. The van der Waals surface area contributed by atoms with Crippen molar-refractivity contribution in [1.82, 2.24) is 9.97 Å². The quantitative estimate of drug-likeness (QED) is 0.306. The predicted molar refractivity (Wildman–Crippen MR) is 149 cm³/mol. The summed E-state index contributed by atoms with van der Waals surface area (Å²) in [7, 11) is 0. The van der Waals surface area contributed by atoms with Crippen molar-refractivity contribution in [2.24, 2.45) is 0 Å². The normalized spacial score (nSPS) is 12.6. The summed E-state index contributed by atoms with van der Waals surface area (Å²) in [4.78, 5) is 35.8. The number of aromatic nitrogens is 2. The van der Waals surface area contributed by atoms with Crippen molar-refractivity contribution in [2.75, 3.05) is 22.1 Å². The van der Waals surface area contributed by atoms with Crippen molar-refractivity contribution >= 4 is 35.0 Å². The largest absolute Gasteiger partial charge is 0.443 e. The fraction of sp³-hybridized carbons (Fsp3) is 0.200. The van der Waals surface area contributed by atoms with Gasteiger partial charge < -0.3 is 15.4 Å². The topological polar surface area (TPSA) is 96.5 Å². The molecule has 0 saturated heterocycles. The van der Waals surface area contributed by atoms with Crippen LogP contribution in [0.25, 0.3) is 11.1 Å². The Bertz CT molecular complexity index is 1530. The smallest absolute Gasteiger partial charge is 0.414 e. The first-order chi connectivity index (χ1) is 18.6. The number of hydrogen-bond donors (Lipinski definition) is 2. The maximum atomic E-state index is 13.5. The minimum Gasteiger partial charge on any atom is -0.443 e. The third kappa shape index (κ3) is 6.20. The molecule has 2 heterocycles. The molecule has 198 valence electrons. The molecule has 39 heavy (non-hydrogen) atoms. The monoisotopic (exact) mass is 525 g/mol. The first-order valence-electron chi connectivity index (χ1n) is 12.5. The van der Waals surface area contributed by atoms with Gasteiger partial charge in [0, 0.05) is 41.4 Å². The van der Waals surface area contributed by atoms with E-state index in [0.29, 0.717) is 47.0 Å². The van der Waals surface area contributed by atoms with Gasteiger partial charge in [-0.15, -0.1) is 0 Å². The van der Waals surface area contributed by atoms with Crippen LogP contribution in [0.3, 0.4) is 0 Å². The van der Waals surface area contributed by atoms with Crippen LogP contribution in [0.1, 0.15) is 36.7 Å². The molecule has 0 unspecified atom stereocenters. The number of carbonyl (C=O) groups excluding carboxylic acids is 2. The number of amides is 2. The maximum absolute atomic E-state index is 13.5. The van der Waals surface area contributed by atoms with Crippen LogP contribution >= 0.6 is 0 Å². The number of benzene rings is 3. The first-order valence-corrected chi connectivity index (χ1v) is 12.5. The highest BCUT2D eigenvalue weighted by atomic mass is 19.1. The van der Waals surface area contributed by atoms with Gasteiger partial charge in [-0.25, -0.2) is 19.2 Å². The van der Waals surface area contributed by atoms with E-state index < -0.39 is 5.60 Å². The minimum absolute atomic E-state index is 0.275. The van der Waals surface area contributed by atoms with Gasteiger partial charge in [-0.3, -0.25) is 9.69 Å². The van der Waals surface area contributed by atoms with Gasteiger partial charge in [0.2, 0.25) is 5.95 Å². The highest BCUT2D eigenvalue weighted by molar-refractivity contribution is 6.05. The number of rotatable bonds is 5. The zero-order chi connectivity index (χ0) is 27.6. The summed E-state index contributed by atoms with van der Waals surface area (Å²) in [6.07, 6.45) is 3.52. The van der Waals surface area contributed by atoms with Crippen molar-refractivity contribution in [2.45, 2.75) is 32.8 Å². The van der Waals surface area contributed by atoms with E-state index in [2.05, 4.69) is 20.6 Å². The average molecular weight is 526 g/mol. The molecule has 1 aliphatic heterocycles. The molecule has 3 aromatic carbocycles. The Morgan fingerprint density at radius 3 is 2.44 bits per heavy atom. The summed E-state index contributed by atoms with van der Waals surface area (Å²) < 4.78 is 19.0. The van der Waals surface area contributed by atoms with Gasteiger partial charge in [0.05, 0.1) is 5.69 Å². The summed E-state index contributed by atoms with van der Waals surface area (Å²) in [6, 6.07) is 18.7. The van der Waals surface area contributed by atoms with E-state index in [1.54, 1.807) is 59.8 Å².